The zero-order valence-corrected chi connectivity index (χ0v) is 13.3. The van der Waals surface area contributed by atoms with Crippen LogP contribution >= 0.6 is 0 Å². The molecule has 1 heterocycles. The Kier molecular flexibility index (Phi) is 3.76. The molecule has 0 aliphatic carbocycles. The highest BCUT2D eigenvalue weighted by Gasteiger charge is 2.15. The van der Waals surface area contributed by atoms with Gasteiger partial charge in [-0.15, -0.1) is 0 Å². The van der Waals surface area contributed by atoms with Crippen molar-refractivity contribution in [3.63, 3.8) is 0 Å². The lowest BCUT2D eigenvalue weighted by atomic mass is 10.1. The first-order chi connectivity index (χ1) is 10.5. The number of hydrogen-bond donors (Lipinski definition) is 1. The summed E-state index contributed by atoms with van der Waals surface area (Å²) in [7, 11) is -3.55. The molecule has 0 atom stereocenters. The number of para-hydroxylation sites is 1. The van der Waals surface area contributed by atoms with E-state index in [4.69, 9.17) is 4.42 Å². The zero-order chi connectivity index (χ0) is 15.7. The van der Waals surface area contributed by atoms with Gasteiger partial charge >= 0.3 is 0 Å². The molecule has 0 saturated carbocycles. The molecular formula is C17H17NO3S. The molecule has 22 heavy (non-hydrogen) atoms. The zero-order valence-electron chi connectivity index (χ0n) is 12.5. The number of nitrogens with one attached hydrogen (secondary N) is 1. The van der Waals surface area contributed by atoms with Crippen molar-refractivity contribution in [3.8, 4) is 0 Å². The predicted octanol–water partition coefficient (Wildman–Crippen LogP) is 3.53. The number of sulfonamides is 1. The molecule has 0 fully saturated rings. The molecule has 0 radical (unpaired) electrons. The molecule has 0 bridgehead atoms. The highest BCUT2D eigenvalue weighted by molar-refractivity contribution is 7.89. The van der Waals surface area contributed by atoms with E-state index in [9.17, 15) is 8.42 Å². The maximum absolute atomic E-state index is 12.3. The standard InChI is InChI=1S/C17H17NO3S/c1-12-7-8-16(9-13(12)2)22(19,20)18-11-15-10-14-5-3-4-6-17(14)21-15/h3-10,18H,11H2,1-2H3. The Balaban J connectivity index is 1.80. The number of fused-ring (bicyclic) bond motifs is 1. The van der Waals surface area contributed by atoms with E-state index in [0.717, 1.165) is 22.1 Å². The maximum atomic E-state index is 12.3. The molecule has 1 aromatic heterocycles. The van der Waals surface area contributed by atoms with Crippen LogP contribution in [0.15, 0.2) is 57.8 Å². The summed E-state index contributed by atoms with van der Waals surface area (Å²) >= 11 is 0. The van der Waals surface area contributed by atoms with E-state index >= 15 is 0 Å². The summed E-state index contributed by atoms with van der Waals surface area (Å²) in [6, 6.07) is 14.5. The Morgan fingerprint density at radius 2 is 1.77 bits per heavy atom. The minimum atomic E-state index is -3.55. The highest BCUT2D eigenvalue weighted by atomic mass is 32.2. The quantitative estimate of drug-likeness (QED) is 0.801. The van der Waals surface area contributed by atoms with Crippen LogP contribution in [-0.4, -0.2) is 8.42 Å². The lowest BCUT2D eigenvalue weighted by Crippen LogP contribution is -2.23. The molecule has 114 valence electrons. The fraction of sp³-hybridized carbons (Fsp3) is 0.176. The van der Waals surface area contributed by atoms with Gasteiger partial charge in [0.2, 0.25) is 10.0 Å². The average molecular weight is 315 g/mol. The fourth-order valence-corrected chi connectivity index (χ4v) is 3.33. The molecule has 0 spiro atoms. The Hall–Kier alpha value is -2.11. The third-order valence-corrected chi connectivity index (χ3v) is 5.10. The van der Waals surface area contributed by atoms with Gasteiger partial charge in [-0.25, -0.2) is 13.1 Å². The molecular weight excluding hydrogens is 298 g/mol. The third kappa shape index (κ3) is 2.91. The number of rotatable bonds is 4. The second-order valence-corrected chi connectivity index (χ2v) is 7.09. The SMILES string of the molecule is Cc1ccc(S(=O)(=O)NCc2cc3ccccc3o2)cc1C. The summed E-state index contributed by atoms with van der Waals surface area (Å²) in [6.45, 7) is 3.98. The molecule has 0 amide bonds. The molecule has 2 aromatic carbocycles. The monoisotopic (exact) mass is 315 g/mol. The van der Waals surface area contributed by atoms with Crippen molar-refractivity contribution in [1.82, 2.24) is 4.72 Å². The van der Waals surface area contributed by atoms with Gasteiger partial charge in [-0.05, 0) is 49.2 Å². The Morgan fingerprint density at radius 3 is 2.50 bits per heavy atom. The van der Waals surface area contributed by atoms with Crippen molar-refractivity contribution in [3.05, 3.63) is 65.4 Å². The second kappa shape index (κ2) is 5.59. The lowest BCUT2D eigenvalue weighted by Gasteiger charge is -2.07. The van der Waals surface area contributed by atoms with Crippen molar-refractivity contribution in [2.24, 2.45) is 0 Å². The van der Waals surface area contributed by atoms with Crippen molar-refractivity contribution < 1.29 is 12.8 Å². The number of hydrogen-bond acceptors (Lipinski definition) is 3. The number of aryl methyl sites for hydroxylation is 2. The molecule has 3 aromatic rings. The van der Waals surface area contributed by atoms with E-state index in [0.29, 0.717) is 5.76 Å². The summed E-state index contributed by atoms with van der Waals surface area (Å²) in [5.41, 5.74) is 2.77. The smallest absolute Gasteiger partial charge is 0.240 e. The first-order valence-corrected chi connectivity index (χ1v) is 8.48. The molecule has 0 aliphatic heterocycles. The lowest BCUT2D eigenvalue weighted by molar-refractivity contribution is 0.530. The van der Waals surface area contributed by atoms with Gasteiger partial charge in [-0.3, -0.25) is 0 Å². The van der Waals surface area contributed by atoms with E-state index in [-0.39, 0.29) is 11.4 Å². The van der Waals surface area contributed by atoms with Crippen molar-refractivity contribution in [2.75, 3.05) is 0 Å². The summed E-state index contributed by atoms with van der Waals surface area (Å²) < 4.78 is 32.9. The van der Waals surface area contributed by atoms with Crippen LogP contribution in [0.2, 0.25) is 0 Å². The van der Waals surface area contributed by atoms with Gasteiger partial charge in [0, 0.05) is 5.39 Å². The summed E-state index contributed by atoms with van der Waals surface area (Å²) in [5.74, 6) is 0.591. The van der Waals surface area contributed by atoms with E-state index in [2.05, 4.69) is 4.72 Å². The Labute approximate surface area is 129 Å². The molecule has 5 heteroatoms. The van der Waals surface area contributed by atoms with E-state index in [1.165, 1.54) is 0 Å². The minimum absolute atomic E-state index is 0.129. The maximum Gasteiger partial charge on any atom is 0.240 e. The van der Waals surface area contributed by atoms with Gasteiger partial charge in [-0.1, -0.05) is 24.3 Å². The molecule has 0 aliphatic rings. The summed E-state index contributed by atoms with van der Waals surface area (Å²) in [4.78, 5) is 0.270. The molecule has 0 unspecified atom stereocenters. The van der Waals surface area contributed by atoms with E-state index < -0.39 is 10.0 Å². The topological polar surface area (TPSA) is 59.3 Å². The summed E-state index contributed by atoms with van der Waals surface area (Å²) in [5, 5.41) is 0.961. The largest absolute Gasteiger partial charge is 0.460 e. The second-order valence-electron chi connectivity index (χ2n) is 5.32. The molecule has 1 N–H and O–H groups in total. The van der Waals surface area contributed by atoms with Crippen LogP contribution in [0, 0.1) is 13.8 Å². The van der Waals surface area contributed by atoms with Crippen LogP contribution in [0.5, 0.6) is 0 Å². The van der Waals surface area contributed by atoms with Crippen LogP contribution in [0.4, 0.5) is 0 Å². The molecule has 4 nitrogen and oxygen atoms in total. The number of furan rings is 1. The summed E-state index contributed by atoms with van der Waals surface area (Å²) in [6.07, 6.45) is 0. The average Bonchev–Trinajstić information content (AvgIpc) is 2.91. The van der Waals surface area contributed by atoms with Crippen molar-refractivity contribution in [2.45, 2.75) is 25.3 Å². The van der Waals surface area contributed by atoms with Crippen molar-refractivity contribution >= 4 is 21.0 Å². The van der Waals surface area contributed by atoms with Gasteiger partial charge in [-0.2, -0.15) is 0 Å². The van der Waals surface area contributed by atoms with Gasteiger partial charge in [0.05, 0.1) is 11.4 Å². The van der Waals surface area contributed by atoms with Crippen LogP contribution in [0.3, 0.4) is 0 Å². The molecule has 0 saturated heterocycles. The fourth-order valence-electron chi connectivity index (χ4n) is 2.25. The number of benzene rings is 2. The van der Waals surface area contributed by atoms with Crippen LogP contribution in [0.1, 0.15) is 16.9 Å². The third-order valence-electron chi connectivity index (χ3n) is 3.70. The van der Waals surface area contributed by atoms with Gasteiger partial charge in [0.1, 0.15) is 11.3 Å². The Morgan fingerprint density at radius 1 is 1.00 bits per heavy atom. The minimum Gasteiger partial charge on any atom is -0.460 e. The molecule has 3 rings (SSSR count). The van der Waals surface area contributed by atoms with Crippen molar-refractivity contribution in [1.29, 1.82) is 0 Å². The normalized spacial score (nSPS) is 11.9. The first kappa shape index (κ1) is 14.8. The van der Waals surface area contributed by atoms with E-state index in [1.807, 2.05) is 50.2 Å². The van der Waals surface area contributed by atoms with Gasteiger partial charge in [0.25, 0.3) is 0 Å². The first-order valence-electron chi connectivity index (χ1n) is 7.00. The van der Waals surface area contributed by atoms with Crippen LogP contribution < -0.4 is 4.72 Å². The van der Waals surface area contributed by atoms with Gasteiger partial charge < -0.3 is 4.42 Å². The van der Waals surface area contributed by atoms with Crippen LogP contribution in [-0.2, 0) is 16.6 Å². The predicted molar refractivity (Wildman–Crippen MR) is 86.2 cm³/mol. The van der Waals surface area contributed by atoms with Gasteiger partial charge in [0.15, 0.2) is 0 Å². The van der Waals surface area contributed by atoms with E-state index in [1.54, 1.807) is 12.1 Å². The van der Waals surface area contributed by atoms with Crippen LogP contribution in [0.25, 0.3) is 11.0 Å². The highest BCUT2D eigenvalue weighted by Crippen LogP contribution is 2.20. The Bertz CT molecular complexity index is 893.